The van der Waals surface area contributed by atoms with E-state index in [0.29, 0.717) is 36.9 Å². The Morgan fingerprint density at radius 2 is 1.94 bits per heavy atom. The van der Waals surface area contributed by atoms with Crippen molar-refractivity contribution in [3.63, 3.8) is 0 Å². The second-order valence-corrected chi connectivity index (χ2v) is 7.95. The third-order valence-corrected chi connectivity index (χ3v) is 5.65. The number of alkyl halides is 3. The molecule has 8 nitrogen and oxygen atoms in total. The first-order valence-corrected chi connectivity index (χ1v) is 10.3. The number of pyridine rings is 1. The van der Waals surface area contributed by atoms with E-state index in [9.17, 15) is 27.2 Å². The van der Waals surface area contributed by atoms with Crippen LogP contribution in [-0.4, -0.2) is 39.0 Å². The van der Waals surface area contributed by atoms with E-state index in [0.717, 1.165) is 6.07 Å². The molecule has 0 radical (unpaired) electrons. The number of amides is 1. The third-order valence-electron chi connectivity index (χ3n) is 5.65. The molecule has 1 fully saturated rings. The van der Waals surface area contributed by atoms with Gasteiger partial charge in [-0.25, -0.2) is 4.39 Å². The summed E-state index contributed by atoms with van der Waals surface area (Å²) in [5.41, 5.74) is -2.02. The van der Waals surface area contributed by atoms with Crippen LogP contribution in [0.5, 0.6) is 0 Å². The van der Waals surface area contributed by atoms with Crippen LogP contribution in [0.25, 0.3) is 22.5 Å². The average Bonchev–Trinajstić information content (AvgIpc) is 3.45. The van der Waals surface area contributed by atoms with Crippen molar-refractivity contribution in [2.75, 3.05) is 13.1 Å². The number of nitrogens with one attached hydrogen (secondary N) is 1. The highest BCUT2D eigenvalue weighted by Gasteiger charge is 2.36. The Kier molecular flexibility index (Phi) is 5.22. The fourth-order valence-corrected chi connectivity index (χ4v) is 4.02. The molecule has 4 aromatic rings. The fraction of sp³-hybridized carbons (Fsp3) is 0.273. The zero-order valence-corrected chi connectivity index (χ0v) is 17.4. The topological polar surface area (TPSA) is 105 Å². The van der Waals surface area contributed by atoms with Gasteiger partial charge in [0, 0.05) is 24.7 Å². The lowest BCUT2D eigenvalue weighted by Gasteiger charge is -2.30. The Hall–Kier alpha value is -3.96. The Morgan fingerprint density at radius 1 is 1.18 bits per heavy atom. The molecular formula is C22H16F4N4O4. The van der Waals surface area contributed by atoms with Crippen LogP contribution in [-0.2, 0) is 6.18 Å². The molecule has 12 heteroatoms. The molecule has 1 aromatic carbocycles. The molecule has 0 aliphatic carbocycles. The lowest BCUT2D eigenvalue weighted by atomic mass is 9.97. The molecule has 3 aromatic heterocycles. The molecule has 1 aliphatic heterocycles. The summed E-state index contributed by atoms with van der Waals surface area (Å²) in [6.07, 6.45) is -3.54. The highest BCUT2D eigenvalue weighted by molar-refractivity contribution is 5.96. The van der Waals surface area contributed by atoms with Crippen LogP contribution in [0.15, 0.2) is 50.1 Å². The zero-order valence-electron chi connectivity index (χ0n) is 17.4. The van der Waals surface area contributed by atoms with Crippen molar-refractivity contribution in [2.45, 2.75) is 24.9 Å². The number of H-pyrrole nitrogens is 1. The highest BCUT2D eigenvalue weighted by atomic mass is 19.4. The molecule has 1 saturated heterocycles. The number of halogens is 4. The van der Waals surface area contributed by atoms with Gasteiger partial charge in [0.15, 0.2) is 5.76 Å². The molecule has 1 atom stereocenters. The van der Waals surface area contributed by atoms with Crippen molar-refractivity contribution < 1.29 is 31.3 Å². The van der Waals surface area contributed by atoms with Crippen LogP contribution in [0.3, 0.4) is 0 Å². The summed E-state index contributed by atoms with van der Waals surface area (Å²) in [6.45, 7) is 0.539. The number of fused-ring (bicyclic) bond motifs is 1. The van der Waals surface area contributed by atoms with E-state index in [1.54, 1.807) is 0 Å². The van der Waals surface area contributed by atoms with Crippen LogP contribution >= 0.6 is 0 Å². The number of nitrogens with zero attached hydrogens (tertiary/aromatic N) is 3. The lowest BCUT2D eigenvalue weighted by Crippen LogP contribution is -2.39. The Morgan fingerprint density at radius 3 is 2.68 bits per heavy atom. The minimum absolute atomic E-state index is 0.184. The number of furan rings is 1. The van der Waals surface area contributed by atoms with Crippen LogP contribution in [0, 0.1) is 5.82 Å². The number of carbonyl (C=O) groups excluding carboxylic acids is 1. The maximum Gasteiger partial charge on any atom is 0.417 e. The molecule has 0 bridgehead atoms. The predicted molar refractivity (Wildman–Crippen MR) is 109 cm³/mol. The molecule has 176 valence electrons. The molecule has 1 N–H and O–H groups in total. The van der Waals surface area contributed by atoms with Gasteiger partial charge >= 0.3 is 6.18 Å². The minimum atomic E-state index is -4.78. The van der Waals surface area contributed by atoms with Gasteiger partial charge in [-0.15, -0.1) is 0 Å². The quantitative estimate of drug-likeness (QED) is 0.441. The smallest absolute Gasteiger partial charge is 0.417 e. The average molecular weight is 476 g/mol. The van der Waals surface area contributed by atoms with Gasteiger partial charge < -0.3 is 13.8 Å². The van der Waals surface area contributed by atoms with Gasteiger partial charge in [-0.05, 0) is 43.2 Å². The van der Waals surface area contributed by atoms with E-state index in [1.807, 2.05) is 0 Å². The van der Waals surface area contributed by atoms with Crippen molar-refractivity contribution in [1.29, 1.82) is 0 Å². The molecular weight excluding hydrogens is 460 g/mol. The van der Waals surface area contributed by atoms with Crippen molar-refractivity contribution in [1.82, 2.24) is 20.0 Å². The minimum Gasteiger partial charge on any atom is -0.434 e. The van der Waals surface area contributed by atoms with Crippen molar-refractivity contribution in [3.05, 3.63) is 69.8 Å². The second-order valence-electron chi connectivity index (χ2n) is 7.95. The zero-order chi connectivity index (χ0) is 24.0. The number of hydrogen-bond donors (Lipinski definition) is 1. The normalized spacial score (nSPS) is 16.8. The van der Waals surface area contributed by atoms with Gasteiger partial charge in [0.2, 0.25) is 17.4 Å². The number of piperidine rings is 1. The first-order chi connectivity index (χ1) is 16.2. The molecule has 1 aliphatic rings. The van der Waals surface area contributed by atoms with E-state index < -0.39 is 40.1 Å². The maximum atomic E-state index is 13.3. The summed E-state index contributed by atoms with van der Waals surface area (Å²) in [4.78, 5) is 32.6. The van der Waals surface area contributed by atoms with Gasteiger partial charge in [0.1, 0.15) is 5.82 Å². The molecule has 1 amide bonds. The van der Waals surface area contributed by atoms with Crippen LogP contribution in [0.2, 0.25) is 0 Å². The Bertz CT molecular complexity index is 1420. The summed E-state index contributed by atoms with van der Waals surface area (Å²) in [7, 11) is 0. The first-order valence-electron chi connectivity index (χ1n) is 10.3. The number of benzene rings is 1. The monoisotopic (exact) mass is 476 g/mol. The number of likely N-dealkylation sites (tertiary alicyclic amines) is 1. The summed E-state index contributed by atoms with van der Waals surface area (Å²) in [5.74, 6) is -1.06. The highest BCUT2D eigenvalue weighted by Crippen LogP contribution is 2.35. The Labute approximate surface area is 188 Å². The Balaban J connectivity index is 1.38. The summed E-state index contributed by atoms with van der Waals surface area (Å²) in [5, 5.41) is 3.52. The van der Waals surface area contributed by atoms with Gasteiger partial charge in [0.25, 0.3) is 11.5 Å². The first kappa shape index (κ1) is 21.9. The summed E-state index contributed by atoms with van der Waals surface area (Å²) < 4.78 is 63.7. The number of aromatic amines is 1. The van der Waals surface area contributed by atoms with Gasteiger partial charge in [-0.2, -0.15) is 18.2 Å². The maximum absolute atomic E-state index is 13.3. The molecule has 5 rings (SSSR count). The van der Waals surface area contributed by atoms with Gasteiger partial charge in [-0.3, -0.25) is 14.6 Å². The van der Waals surface area contributed by atoms with E-state index >= 15 is 0 Å². The predicted octanol–water partition coefficient (Wildman–Crippen LogP) is 4.35. The molecule has 0 saturated carbocycles. The third kappa shape index (κ3) is 4.06. The van der Waals surface area contributed by atoms with Gasteiger partial charge in [-0.1, -0.05) is 5.16 Å². The van der Waals surface area contributed by atoms with Crippen LogP contribution < -0.4 is 5.56 Å². The lowest BCUT2D eigenvalue weighted by molar-refractivity contribution is -0.136. The van der Waals surface area contributed by atoms with Crippen molar-refractivity contribution in [2.24, 2.45) is 0 Å². The van der Waals surface area contributed by atoms with E-state index in [-0.39, 0.29) is 24.0 Å². The SMILES string of the molecule is O=C(c1cc2c(C(F)(F)F)cc(=O)[nH]c2o1)N1CCCC(c2nc(-c3ccc(F)cc3)no2)C1. The van der Waals surface area contributed by atoms with E-state index in [2.05, 4.69) is 15.1 Å². The molecule has 34 heavy (non-hydrogen) atoms. The summed E-state index contributed by atoms with van der Waals surface area (Å²) in [6, 6.07) is 6.99. The molecule has 1 unspecified atom stereocenters. The fourth-order valence-electron chi connectivity index (χ4n) is 4.02. The summed E-state index contributed by atoms with van der Waals surface area (Å²) >= 11 is 0. The number of hydrogen-bond acceptors (Lipinski definition) is 6. The van der Waals surface area contributed by atoms with Crippen LogP contribution in [0.1, 0.15) is 40.8 Å². The number of rotatable bonds is 3. The van der Waals surface area contributed by atoms with Crippen molar-refractivity contribution in [3.8, 4) is 11.4 Å². The van der Waals surface area contributed by atoms with E-state index in [1.165, 1.54) is 29.2 Å². The number of aromatic nitrogens is 3. The number of carbonyl (C=O) groups is 1. The van der Waals surface area contributed by atoms with Gasteiger partial charge in [0.05, 0.1) is 16.9 Å². The van der Waals surface area contributed by atoms with E-state index in [4.69, 9.17) is 8.94 Å². The molecule has 4 heterocycles. The molecule has 0 spiro atoms. The second kappa shape index (κ2) is 8.12. The standard InChI is InChI=1S/C22H16F4N4O4/c23-13-5-3-11(4-6-13)18-28-19(34-29-18)12-2-1-7-30(10-12)21(32)16-8-14-15(22(24,25)26)9-17(31)27-20(14)33-16/h3-6,8-9,12H,1-2,7,10H2,(H,27,31). The van der Waals surface area contributed by atoms with Crippen LogP contribution in [0.4, 0.5) is 17.6 Å². The van der Waals surface area contributed by atoms with Crippen molar-refractivity contribution >= 4 is 17.0 Å². The largest absolute Gasteiger partial charge is 0.434 e.